The molecule has 0 radical (unpaired) electrons. The van der Waals surface area contributed by atoms with Crippen LogP contribution >= 0.6 is 0 Å². The molecule has 0 aromatic heterocycles. The van der Waals surface area contributed by atoms with E-state index in [0.29, 0.717) is 6.42 Å². The van der Waals surface area contributed by atoms with Crippen molar-refractivity contribution in [2.24, 2.45) is 21.7 Å². The Morgan fingerprint density at radius 2 is 0.967 bits per heavy atom. The molecule has 2 amide bonds. The molecule has 2 aromatic rings. The van der Waals surface area contributed by atoms with Crippen LogP contribution in [0.4, 0.5) is 11.4 Å². The molecule has 4 fully saturated rings. The molecule has 0 heterocycles. The maximum atomic E-state index is 13.6. The SMILES string of the molecule is CC12CC3(C)CC(C(=O)Nc4ccccc4)(C1)CC(C(=O)Nc1ccccc1)(C2)C3. The van der Waals surface area contributed by atoms with E-state index in [1.807, 2.05) is 60.7 Å². The molecule has 2 aromatic carbocycles. The van der Waals surface area contributed by atoms with E-state index in [1.165, 1.54) is 0 Å². The molecule has 6 rings (SSSR count). The highest BCUT2D eigenvalue weighted by Crippen LogP contribution is 2.74. The summed E-state index contributed by atoms with van der Waals surface area (Å²) < 4.78 is 0. The Kier molecular flexibility index (Phi) is 4.15. The van der Waals surface area contributed by atoms with Gasteiger partial charge >= 0.3 is 0 Å². The van der Waals surface area contributed by atoms with Crippen LogP contribution in [0, 0.1) is 21.7 Å². The second-order valence-electron chi connectivity index (χ2n) is 10.9. The number of carbonyl (C=O) groups is 2. The van der Waals surface area contributed by atoms with E-state index in [4.69, 9.17) is 0 Å². The van der Waals surface area contributed by atoms with E-state index in [1.54, 1.807) is 0 Å². The topological polar surface area (TPSA) is 58.2 Å². The molecule has 4 saturated carbocycles. The van der Waals surface area contributed by atoms with Crippen LogP contribution in [0.2, 0.25) is 0 Å². The Morgan fingerprint density at radius 3 is 1.33 bits per heavy atom. The van der Waals surface area contributed by atoms with Crippen LogP contribution in [0.15, 0.2) is 60.7 Å². The van der Waals surface area contributed by atoms with Gasteiger partial charge in [0.25, 0.3) is 0 Å². The Labute approximate surface area is 178 Å². The molecule has 4 heteroatoms. The zero-order valence-electron chi connectivity index (χ0n) is 17.8. The monoisotopic (exact) mass is 402 g/mol. The third-order valence-electron chi connectivity index (χ3n) is 7.62. The minimum Gasteiger partial charge on any atom is -0.326 e. The van der Waals surface area contributed by atoms with Crippen molar-refractivity contribution in [3.63, 3.8) is 0 Å². The second kappa shape index (κ2) is 6.44. The Balaban J connectivity index is 1.48. The van der Waals surface area contributed by atoms with Crippen molar-refractivity contribution < 1.29 is 9.59 Å². The number of nitrogens with one attached hydrogen (secondary N) is 2. The first-order chi connectivity index (χ1) is 14.2. The third kappa shape index (κ3) is 3.13. The molecule has 4 bridgehead atoms. The first kappa shape index (κ1) is 19.3. The van der Waals surface area contributed by atoms with Crippen LogP contribution in [0.3, 0.4) is 0 Å². The van der Waals surface area contributed by atoms with Crippen LogP contribution in [-0.4, -0.2) is 11.8 Å². The molecule has 0 saturated heterocycles. The van der Waals surface area contributed by atoms with Crippen LogP contribution in [0.5, 0.6) is 0 Å². The summed E-state index contributed by atoms with van der Waals surface area (Å²) in [4.78, 5) is 27.3. The quantitative estimate of drug-likeness (QED) is 0.696. The van der Waals surface area contributed by atoms with Gasteiger partial charge in [0.15, 0.2) is 0 Å². The number of amides is 2. The second-order valence-corrected chi connectivity index (χ2v) is 10.9. The van der Waals surface area contributed by atoms with Crippen molar-refractivity contribution in [3.8, 4) is 0 Å². The van der Waals surface area contributed by atoms with Gasteiger partial charge in [-0.25, -0.2) is 0 Å². The van der Waals surface area contributed by atoms with E-state index < -0.39 is 10.8 Å². The average molecular weight is 403 g/mol. The Morgan fingerprint density at radius 1 is 0.600 bits per heavy atom. The molecular formula is C26H30N2O2. The van der Waals surface area contributed by atoms with Crippen molar-refractivity contribution in [3.05, 3.63) is 60.7 Å². The minimum atomic E-state index is -0.484. The standard InChI is InChI=1S/C26H30N2O2/c1-23-13-24(2)16-25(14-23,21(29)27-19-9-5-3-6-10-19)18-26(15-23,17-24)22(30)28-20-11-7-4-8-12-20/h3-12H,13-18H2,1-2H3,(H,27,29)(H,28,30). The van der Waals surface area contributed by atoms with E-state index >= 15 is 0 Å². The summed E-state index contributed by atoms with van der Waals surface area (Å²) in [6.07, 6.45) is 5.22. The van der Waals surface area contributed by atoms with Gasteiger partial charge in [0.05, 0.1) is 10.8 Å². The van der Waals surface area contributed by atoms with Crippen molar-refractivity contribution in [2.45, 2.75) is 52.4 Å². The molecule has 4 aliphatic rings. The fourth-order valence-corrected chi connectivity index (χ4v) is 7.75. The molecule has 0 unspecified atom stereocenters. The average Bonchev–Trinajstić information content (AvgIpc) is 2.67. The van der Waals surface area contributed by atoms with Gasteiger partial charge in [-0.1, -0.05) is 50.2 Å². The predicted molar refractivity (Wildman–Crippen MR) is 119 cm³/mol. The molecule has 0 atom stereocenters. The lowest BCUT2D eigenvalue weighted by Crippen LogP contribution is -2.65. The summed E-state index contributed by atoms with van der Waals surface area (Å²) in [6.45, 7) is 4.58. The van der Waals surface area contributed by atoms with E-state index in [-0.39, 0.29) is 22.6 Å². The minimum absolute atomic E-state index is 0.0194. The number of hydrogen-bond donors (Lipinski definition) is 2. The molecular weight excluding hydrogens is 372 g/mol. The summed E-state index contributed by atoms with van der Waals surface area (Å²) in [5.41, 5.74) is 0.731. The lowest BCUT2D eigenvalue weighted by molar-refractivity contribution is -0.194. The highest BCUT2D eigenvalue weighted by molar-refractivity contribution is 5.99. The molecule has 4 aliphatic carbocycles. The normalized spacial score (nSPS) is 36.3. The zero-order chi connectivity index (χ0) is 21.0. The van der Waals surface area contributed by atoms with Gasteiger partial charge in [-0.2, -0.15) is 0 Å². The van der Waals surface area contributed by atoms with Crippen LogP contribution < -0.4 is 10.6 Å². The van der Waals surface area contributed by atoms with Crippen LogP contribution in [-0.2, 0) is 9.59 Å². The number of benzene rings is 2. The van der Waals surface area contributed by atoms with Gasteiger partial charge in [0.1, 0.15) is 0 Å². The van der Waals surface area contributed by atoms with Gasteiger partial charge in [-0.05, 0) is 73.6 Å². The molecule has 156 valence electrons. The summed E-state index contributed by atoms with van der Waals surface area (Å²) in [5.74, 6) is 0.171. The maximum Gasteiger partial charge on any atom is 0.230 e. The third-order valence-corrected chi connectivity index (χ3v) is 7.62. The van der Waals surface area contributed by atoms with Gasteiger partial charge in [-0.3, -0.25) is 9.59 Å². The van der Waals surface area contributed by atoms with Crippen molar-refractivity contribution >= 4 is 23.2 Å². The number of hydrogen-bond acceptors (Lipinski definition) is 2. The zero-order valence-corrected chi connectivity index (χ0v) is 17.8. The largest absolute Gasteiger partial charge is 0.326 e. The van der Waals surface area contributed by atoms with Crippen molar-refractivity contribution in [1.82, 2.24) is 0 Å². The molecule has 30 heavy (non-hydrogen) atoms. The first-order valence-corrected chi connectivity index (χ1v) is 11.0. The van der Waals surface area contributed by atoms with E-state index in [2.05, 4.69) is 24.5 Å². The lowest BCUT2D eigenvalue weighted by Gasteiger charge is -2.68. The lowest BCUT2D eigenvalue weighted by atomic mass is 9.35. The fraction of sp³-hybridized carbons (Fsp3) is 0.462. The van der Waals surface area contributed by atoms with E-state index in [9.17, 15) is 9.59 Å². The molecule has 4 nitrogen and oxygen atoms in total. The highest BCUT2D eigenvalue weighted by Gasteiger charge is 2.69. The van der Waals surface area contributed by atoms with Gasteiger partial charge in [0, 0.05) is 11.4 Å². The Hall–Kier alpha value is -2.62. The Bertz CT molecular complexity index is 891. The first-order valence-electron chi connectivity index (χ1n) is 11.0. The highest BCUT2D eigenvalue weighted by atomic mass is 16.2. The van der Waals surface area contributed by atoms with Crippen molar-refractivity contribution in [1.29, 1.82) is 0 Å². The smallest absolute Gasteiger partial charge is 0.230 e. The summed E-state index contributed by atoms with van der Waals surface area (Å²) in [7, 11) is 0. The fourth-order valence-electron chi connectivity index (χ4n) is 7.75. The maximum absolute atomic E-state index is 13.6. The van der Waals surface area contributed by atoms with Gasteiger partial charge < -0.3 is 10.6 Å². The summed E-state index contributed by atoms with van der Waals surface area (Å²) >= 11 is 0. The van der Waals surface area contributed by atoms with Crippen LogP contribution in [0.25, 0.3) is 0 Å². The molecule has 2 N–H and O–H groups in total. The molecule has 0 spiro atoms. The summed E-state index contributed by atoms with van der Waals surface area (Å²) in [6, 6.07) is 19.4. The van der Waals surface area contributed by atoms with Gasteiger partial charge in [-0.15, -0.1) is 0 Å². The number of rotatable bonds is 4. The van der Waals surface area contributed by atoms with Crippen molar-refractivity contribution in [2.75, 3.05) is 10.6 Å². The van der Waals surface area contributed by atoms with E-state index in [0.717, 1.165) is 43.5 Å². The van der Waals surface area contributed by atoms with Crippen LogP contribution in [0.1, 0.15) is 52.4 Å². The summed E-state index contributed by atoms with van der Waals surface area (Å²) in [5, 5.41) is 6.34. The number of para-hydroxylation sites is 2. The van der Waals surface area contributed by atoms with Gasteiger partial charge in [0.2, 0.25) is 11.8 Å². The number of carbonyl (C=O) groups excluding carboxylic acids is 2. The predicted octanol–water partition coefficient (Wildman–Crippen LogP) is 5.63. The molecule has 0 aliphatic heterocycles. The number of anilines is 2.